The molecule has 2 N–H and O–H groups in total. The molecule has 0 amide bonds. The van der Waals surface area contributed by atoms with Gasteiger partial charge in [0.1, 0.15) is 0 Å². The Morgan fingerprint density at radius 2 is 1.79 bits per heavy atom. The molecular formula is C26H29N5O3. The molecule has 0 radical (unpaired) electrons. The topological polar surface area (TPSA) is 102 Å². The number of ketones is 1. The van der Waals surface area contributed by atoms with Gasteiger partial charge in [0.15, 0.2) is 5.78 Å². The largest absolute Gasteiger partial charge is 0.385 e. The van der Waals surface area contributed by atoms with Crippen molar-refractivity contribution in [3.63, 3.8) is 0 Å². The number of aromatic amines is 1. The van der Waals surface area contributed by atoms with Crippen LogP contribution in [-0.2, 0) is 9.47 Å². The number of rotatable bonds is 12. The first-order valence-electron chi connectivity index (χ1n) is 11.3. The summed E-state index contributed by atoms with van der Waals surface area (Å²) in [5.74, 6) is 0.794. The summed E-state index contributed by atoms with van der Waals surface area (Å²) >= 11 is 0. The van der Waals surface area contributed by atoms with Crippen molar-refractivity contribution in [3.05, 3.63) is 66.6 Å². The van der Waals surface area contributed by atoms with Crippen LogP contribution in [0.3, 0.4) is 0 Å². The molecule has 4 aromatic rings. The Morgan fingerprint density at radius 3 is 2.53 bits per heavy atom. The van der Waals surface area contributed by atoms with Gasteiger partial charge in [-0.3, -0.25) is 9.78 Å². The number of pyridine rings is 1. The van der Waals surface area contributed by atoms with Crippen LogP contribution in [0.2, 0.25) is 0 Å². The smallest absolute Gasteiger partial charge is 0.227 e. The number of H-pyrrole nitrogens is 1. The molecule has 0 spiro atoms. The van der Waals surface area contributed by atoms with Crippen LogP contribution in [0.25, 0.3) is 22.3 Å². The maximum Gasteiger partial charge on any atom is 0.227 e. The number of hydrogen-bond acceptors (Lipinski definition) is 7. The van der Waals surface area contributed by atoms with E-state index in [0.717, 1.165) is 40.8 Å². The van der Waals surface area contributed by atoms with Crippen LogP contribution >= 0.6 is 0 Å². The fourth-order valence-electron chi connectivity index (χ4n) is 3.86. The zero-order chi connectivity index (χ0) is 23.8. The molecule has 0 saturated carbocycles. The quantitative estimate of drug-likeness (QED) is 0.287. The minimum Gasteiger partial charge on any atom is -0.385 e. The van der Waals surface area contributed by atoms with Gasteiger partial charge in [0.2, 0.25) is 5.95 Å². The predicted molar refractivity (Wildman–Crippen MR) is 132 cm³/mol. The average Bonchev–Trinajstić information content (AvgIpc) is 3.30. The fraction of sp³-hybridized carbons (Fsp3) is 0.308. The van der Waals surface area contributed by atoms with Crippen molar-refractivity contribution in [1.29, 1.82) is 0 Å². The first-order valence-corrected chi connectivity index (χ1v) is 11.3. The molecule has 0 aliphatic rings. The molecule has 1 aromatic carbocycles. The van der Waals surface area contributed by atoms with Crippen molar-refractivity contribution >= 4 is 28.3 Å². The van der Waals surface area contributed by atoms with Crippen molar-refractivity contribution in [3.8, 4) is 11.4 Å². The van der Waals surface area contributed by atoms with E-state index in [2.05, 4.69) is 25.3 Å². The molecule has 0 aliphatic heterocycles. The van der Waals surface area contributed by atoms with Gasteiger partial charge >= 0.3 is 0 Å². The SMILES string of the molecule is COCCC(CCOC)CC(=O)c1cc2cc(Nc3nccc(-c4ccccn4)n3)ccc2[nH]1. The third-order valence-corrected chi connectivity index (χ3v) is 5.69. The molecule has 0 aliphatic carbocycles. The second kappa shape index (κ2) is 11.5. The maximum atomic E-state index is 12.9. The zero-order valence-corrected chi connectivity index (χ0v) is 19.5. The van der Waals surface area contributed by atoms with Crippen LogP contribution in [0.15, 0.2) is 60.9 Å². The van der Waals surface area contributed by atoms with E-state index in [0.29, 0.717) is 31.3 Å². The number of nitrogens with one attached hydrogen (secondary N) is 2. The van der Waals surface area contributed by atoms with E-state index in [1.807, 2.05) is 48.5 Å². The van der Waals surface area contributed by atoms with Gasteiger partial charge in [0, 0.05) is 62.8 Å². The van der Waals surface area contributed by atoms with E-state index in [1.54, 1.807) is 26.6 Å². The van der Waals surface area contributed by atoms with E-state index >= 15 is 0 Å². The second-order valence-corrected chi connectivity index (χ2v) is 8.15. The summed E-state index contributed by atoms with van der Waals surface area (Å²) in [7, 11) is 3.36. The van der Waals surface area contributed by atoms with Gasteiger partial charge < -0.3 is 19.8 Å². The Morgan fingerprint density at radius 1 is 0.971 bits per heavy atom. The summed E-state index contributed by atoms with van der Waals surface area (Å²) in [6, 6.07) is 15.3. The Balaban J connectivity index is 1.47. The Bertz CT molecular complexity index is 1220. The number of carbonyl (C=O) groups is 1. The summed E-state index contributed by atoms with van der Waals surface area (Å²) in [4.78, 5) is 29.4. The van der Waals surface area contributed by atoms with Crippen LogP contribution in [0, 0.1) is 5.92 Å². The molecule has 0 saturated heterocycles. The number of nitrogens with zero attached hydrogens (tertiary/aromatic N) is 3. The number of aromatic nitrogens is 4. The molecule has 8 nitrogen and oxygen atoms in total. The van der Waals surface area contributed by atoms with Crippen molar-refractivity contribution in [2.45, 2.75) is 19.3 Å². The van der Waals surface area contributed by atoms with Crippen LogP contribution in [0.5, 0.6) is 0 Å². The molecule has 0 atom stereocenters. The highest BCUT2D eigenvalue weighted by molar-refractivity contribution is 6.00. The summed E-state index contributed by atoms with van der Waals surface area (Å²) in [5, 5.41) is 4.19. The van der Waals surface area contributed by atoms with E-state index in [1.165, 1.54) is 0 Å². The fourth-order valence-corrected chi connectivity index (χ4v) is 3.86. The normalized spacial score (nSPS) is 11.3. The lowest BCUT2D eigenvalue weighted by Gasteiger charge is -2.14. The molecule has 3 aromatic heterocycles. The molecule has 0 fully saturated rings. The number of benzene rings is 1. The monoisotopic (exact) mass is 459 g/mol. The van der Waals surface area contributed by atoms with Crippen LogP contribution < -0.4 is 5.32 Å². The van der Waals surface area contributed by atoms with Gasteiger partial charge in [-0.2, -0.15) is 0 Å². The number of ether oxygens (including phenoxy) is 2. The third-order valence-electron chi connectivity index (χ3n) is 5.69. The highest BCUT2D eigenvalue weighted by Crippen LogP contribution is 2.25. The minimum absolute atomic E-state index is 0.0920. The number of methoxy groups -OCH3 is 2. The highest BCUT2D eigenvalue weighted by atomic mass is 16.5. The van der Waals surface area contributed by atoms with E-state index in [4.69, 9.17) is 9.47 Å². The van der Waals surface area contributed by atoms with Crippen molar-refractivity contribution in [2.24, 2.45) is 5.92 Å². The van der Waals surface area contributed by atoms with Crippen LogP contribution in [0.1, 0.15) is 29.8 Å². The molecule has 34 heavy (non-hydrogen) atoms. The van der Waals surface area contributed by atoms with E-state index in [-0.39, 0.29) is 11.7 Å². The first kappa shape index (κ1) is 23.5. The standard InChI is InChI=1S/C26H29N5O3/c1-33-13-9-18(10-14-34-2)15-25(32)24-17-19-16-20(6-7-21(19)30-24)29-26-28-12-8-23(31-26)22-5-3-4-11-27-22/h3-8,11-12,16-18,30H,9-10,13-15H2,1-2H3,(H,28,29,31). The molecule has 0 bridgehead atoms. The number of anilines is 2. The molecule has 176 valence electrons. The third kappa shape index (κ3) is 6.03. The van der Waals surface area contributed by atoms with Gasteiger partial charge in [-0.25, -0.2) is 9.97 Å². The highest BCUT2D eigenvalue weighted by Gasteiger charge is 2.17. The Hall–Kier alpha value is -3.62. The molecule has 0 unspecified atom stereocenters. The maximum absolute atomic E-state index is 12.9. The van der Waals surface area contributed by atoms with Crippen molar-refractivity contribution < 1.29 is 14.3 Å². The Labute approximate surface area is 198 Å². The van der Waals surface area contributed by atoms with Crippen molar-refractivity contribution in [1.82, 2.24) is 19.9 Å². The summed E-state index contributed by atoms with van der Waals surface area (Å²) in [6.07, 6.45) is 5.56. The van der Waals surface area contributed by atoms with Gasteiger partial charge in [-0.05, 0) is 61.2 Å². The summed E-state index contributed by atoms with van der Waals surface area (Å²) in [6.45, 7) is 1.26. The minimum atomic E-state index is 0.0920. The zero-order valence-electron chi connectivity index (χ0n) is 19.5. The van der Waals surface area contributed by atoms with E-state index in [9.17, 15) is 4.79 Å². The number of fused-ring (bicyclic) bond motifs is 1. The van der Waals surface area contributed by atoms with Gasteiger partial charge in [-0.15, -0.1) is 0 Å². The molecular weight excluding hydrogens is 430 g/mol. The predicted octanol–water partition coefficient (Wildman–Crippen LogP) is 5.03. The molecule has 3 heterocycles. The van der Waals surface area contributed by atoms with Gasteiger partial charge in [0.25, 0.3) is 0 Å². The summed E-state index contributed by atoms with van der Waals surface area (Å²) < 4.78 is 10.4. The summed E-state index contributed by atoms with van der Waals surface area (Å²) in [5.41, 5.74) is 3.88. The second-order valence-electron chi connectivity index (χ2n) is 8.15. The lowest BCUT2D eigenvalue weighted by molar-refractivity contribution is 0.0918. The first-order chi connectivity index (χ1) is 16.7. The van der Waals surface area contributed by atoms with Crippen molar-refractivity contribution in [2.75, 3.05) is 32.8 Å². The number of hydrogen-bond donors (Lipinski definition) is 2. The van der Waals surface area contributed by atoms with Gasteiger partial charge in [0.05, 0.1) is 17.1 Å². The van der Waals surface area contributed by atoms with Crippen LogP contribution in [0.4, 0.5) is 11.6 Å². The van der Waals surface area contributed by atoms with Crippen LogP contribution in [-0.4, -0.2) is 53.2 Å². The lowest BCUT2D eigenvalue weighted by Crippen LogP contribution is -2.13. The lowest BCUT2D eigenvalue weighted by atomic mass is 9.95. The van der Waals surface area contributed by atoms with Gasteiger partial charge in [-0.1, -0.05) is 6.07 Å². The molecule has 4 rings (SSSR count). The number of Topliss-reactive ketones (excluding diaryl/α,β-unsaturated/α-hetero) is 1. The molecule has 8 heteroatoms. The Kier molecular flexibility index (Phi) is 7.95. The average molecular weight is 460 g/mol. The van der Waals surface area contributed by atoms with E-state index < -0.39 is 0 Å². The number of carbonyl (C=O) groups excluding carboxylic acids is 1.